The number of aromatic amines is 1. The van der Waals surface area contributed by atoms with Gasteiger partial charge in [0.1, 0.15) is 5.56 Å². The van der Waals surface area contributed by atoms with Gasteiger partial charge in [0.2, 0.25) is 5.95 Å². The van der Waals surface area contributed by atoms with Gasteiger partial charge in [-0.2, -0.15) is 0 Å². The molecule has 0 radical (unpaired) electrons. The van der Waals surface area contributed by atoms with Crippen LogP contribution in [0.4, 0.5) is 11.6 Å². The number of para-hydroxylation sites is 1. The predicted octanol–water partition coefficient (Wildman–Crippen LogP) is 1.30. The minimum Gasteiger partial charge on any atom is -0.465 e. The molecule has 0 aliphatic carbocycles. The average molecular weight is 245 g/mol. The molecule has 0 aliphatic heterocycles. The fourth-order valence-corrected chi connectivity index (χ4v) is 1.37. The smallest absolute Gasteiger partial charge is 0.345 e. The molecule has 0 amide bonds. The molecule has 0 atom stereocenters. The summed E-state index contributed by atoms with van der Waals surface area (Å²) in [7, 11) is 1.21. The lowest BCUT2D eigenvalue weighted by Gasteiger charge is -2.05. The van der Waals surface area contributed by atoms with E-state index < -0.39 is 11.5 Å². The number of rotatable bonds is 3. The van der Waals surface area contributed by atoms with Gasteiger partial charge in [0.05, 0.1) is 13.3 Å². The zero-order valence-corrected chi connectivity index (χ0v) is 9.64. The fraction of sp³-hybridized carbons (Fsp3) is 0.0833. The average Bonchev–Trinajstić information content (AvgIpc) is 2.39. The van der Waals surface area contributed by atoms with Gasteiger partial charge < -0.3 is 10.1 Å². The van der Waals surface area contributed by atoms with E-state index in [0.717, 1.165) is 5.69 Å². The van der Waals surface area contributed by atoms with E-state index in [4.69, 9.17) is 0 Å². The highest BCUT2D eigenvalue weighted by molar-refractivity contribution is 5.88. The van der Waals surface area contributed by atoms with Crippen LogP contribution in [-0.2, 0) is 4.74 Å². The summed E-state index contributed by atoms with van der Waals surface area (Å²) in [5, 5.41) is 2.91. The largest absolute Gasteiger partial charge is 0.465 e. The number of nitrogens with one attached hydrogen (secondary N) is 2. The van der Waals surface area contributed by atoms with Gasteiger partial charge in [-0.05, 0) is 12.1 Å². The van der Waals surface area contributed by atoms with Crippen LogP contribution in [0.2, 0.25) is 0 Å². The summed E-state index contributed by atoms with van der Waals surface area (Å²) in [6.45, 7) is 0. The lowest BCUT2D eigenvalue weighted by molar-refractivity contribution is 0.0598. The van der Waals surface area contributed by atoms with E-state index in [-0.39, 0.29) is 11.5 Å². The van der Waals surface area contributed by atoms with Gasteiger partial charge in [-0.1, -0.05) is 18.2 Å². The molecule has 0 bridgehead atoms. The van der Waals surface area contributed by atoms with Gasteiger partial charge in [-0.15, -0.1) is 0 Å². The number of ether oxygens (including phenoxy) is 1. The van der Waals surface area contributed by atoms with Crippen molar-refractivity contribution in [2.24, 2.45) is 0 Å². The number of H-pyrrole nitrogens is 1. The number of nitrogens with zero attached hydrogens (tertiary/aromatic N) is 1. The van der Waals surface area contributed by atoms with Crippen molar-refractivity contribution >= 4 is 17.6 Å². The molecular formula is C12H11N3O3. The van der Waals surface area contributed by atoms with Gasteiger partial charge in [0.25, 0.3) is 5.56 Å². The molecule has 2 rings (SSSR count). The normalized spacial score (nSPS) is 9.83. The Balaban J connectivity index is 2.25. The first-order valence-corrected chi connectivity index (χ1v) is 5.20. The summed E-state index contributed by atoms with van der Waals surface area (Å²) in [5.74, 6) is -0.450. The van der Waals surface area contributed by atoms with Gasteiger partial charge >= 0.3 is 5.97 Å². The number of hydrogen-bond acceptors (Lipinski definition) is 5. The molecule has 6 nitrogen and oxygen atoms in total. The van der Waals surface area contributed by atoms with Crippen molar-refractivity contribution in [3.05, 3.63) is 52.4 Å². The summed E-state index contributed by atoms with van der Waals surface area (Å²) in [6, 6.07) is 9.23. The number of hydrogen-bond donors (Lipinski definition) is 2. The molecule has 0 fully saturated rings. The maximum absolute atomic E-state index is 11.6. The van der Waals surface area contributed by atoms with E-state index in [1.54, 1.807) is 0 Å². The van der Waals surface area contributed by atoms with E-state index >= 15 is 0 Å². The van der Waals surface area contributed by atoms with Crippen molar-refractivity contribution in [2.45, 2.75) is 0 Å². The zero-order chi connectivity index (χ0) is 13.0. The first kappa shape index (κ1) is 11.8. The molecule has 92 valence electrons. The number of benzene rings is 1. The zero-order valence-electron chi connectivity index (χ0n) is 9.64. The van der Waals surface area contributed by atoms with Crippen molar-refractivity contribution < 1.29 is 9.53 Å². The van der Waals surface area contributed by atoms with E-state index in [1.165, 1.54) is 13.3 Å². The van der Waals surface area contributed by atoms with E-state index in [0.29, 0.717) is 0 Å². The Kier molecular flexibility index (Phi) is 3.38. The molecule has 2 aromatic rings. The van der Waals surface area contributed by atoms with Crippen LogP contribution in [0.3, 0.4) is 0 Å². The Morgan fingerprint density at radius 3 is 2.67 bits per heavy atom. The SMILES string of the molecule is COC(=O)c1cnc(Nc2ccccc2)[nH]c1=O. The van der Waals surface area contributed by atoms with Crippen LogP contribution in [-0.4, -0.2) is 23.0 Å². The number of aromatic nitrogens is 2. The second-order valence-electron chi connectivity index (χ2n) is 3.46. The van der Waals surface area contributed by atoms with Crippen LogP contribution in [0.25, 0.3) is 0 Å². The lowest BCUT2D eigenvalue weighted by Crippen LogP contribution is -2.20. The van der Waals surface area contributed by atoms with E-state index in [2.05, 4.69) is 20.0 Å². The van der Waals surface area contributed by atoms with Crippen LogP contribution in [0.1, 0.15) is 10.4 Å². The summed E-state index contributed by atoms with van der Waals surface area (Å²) in [4.78, 5) is 29.2. The topological polar surface area (TPSA) is 84.1 Å². The number of methoxy groups -OCH3 is 1. The highest BCUT2D eigenvalue weighted by Crippen LogP contribution is 2.10. The van der Waals surface area contributed by atoms with Crippen molar-refractivity contribution in [1.82, 2.24) is 9.97 Å². The van der Waals surface area contributed by atoms with Crippen molar-refractivity contribution in [3.63, 3.8) is 0 Å². The van der Waals surface area contributed by atoms with Crippen LogP contribution in [0, 0.1) is 0 Å². The molecule has 0 saturated heterocycles. The second kappa shape index (κ2) is 5.13. The minimum atomic E-state index is -0.713. The van der Waals surface area contributed by atoms with E-state index in [9.17, 15) is 9.59 Å². The third-order valence-electron chi connectivity index (χ3n) is 2.24. The maximum Gasteiger partial charge on any atom is 0.345 e. The van der Waals surface area contributed by atoms with Crippen LogP contribution in [0.15, 0.2) is 41.3 Å². The number of carbonyl (C=O) groups excluding carboxylic acids is 1. The molecule has 6 heteroatoms. The highest BCUT2D eigenvalue weighted by atomic mass is 16.5. The summed E-state index contributed by atoms with van der Waals surface area (Å²) >= 11 is 0. The third kappa shape index (κ3) is 2.54. The number of esters is 1. The van der Waals surface area contributed by atoms with Crippen LogP contribution < -0.4 is 10.9 Å². The first-order chi connectivity index (χ1) is 8.70. The summed E-state index contributed by atoms with van der Waals surface area (Å²) in [5.41, 5.74) is 0.109. The molecule has 18 heavy (non-hydrogen) atoms. The molecule has 1 aromatic heterocycles. The van der Waals surface area contributed by atoms with Crippen molar-refractivity contribution in [3.8, 4) is 0 Å². The lowest BCUT2D eigenvalue weighted by atomic mass is 10.3. The van der Waals surface area contributed by atoms with E-state index in [1.807, 2.05) is 30.3 Å². The molecule has 1 heterocycles. The molecule has 0 saturated carbocycles. The molecular weight excluding hydrogens is 234 g/mol. The Labute approximate surface area is 103 Å². The standard InChI is InChI=1S/C12H11N3O3/c1-18-11(17)9-7-13-12(15-10(9)16)14-8-5-3-2-4-6-8/h2-7H,1H3,(H2,13,14,15,16). The Morgan fingerprint density at radius 2 is 2.06 bits per heavy atom. The molecule has 1 aromatic carbocycles. The monoisotopic (exact) mass is 245 g/mol. The number of anilines is 2. The first-order valence-electron chi connectivity index (χ1n) is 5.20. The number of carbonyl (C=O) groups is 1. The van der Waals surface area contributed by atoms with Crippen LogP contribution in [0.5, 0.6) is 0 Å². The Hall–Kier alpha value is -2.63. The fourth-order valence-electron chi connectivity index (χ4n) is 1.37. The van der Waals surface area contributed by atoms with Crippen molar-refractivity contribution in [2.75, 3.05) is 12.4 Å². The highest BCUT2D eigenvalue weighted by Gasteiger charge is 2.11. The van der Waals surface area contributed by atoms with Gasteiger partial charge in [-0.25, -0.2) is 9.78 Å². The molecule has 0 aliphatic rings. The third-order valence-corrected chi connectivity index (χ3v) is 2.24. The van der Waals surface area contributed by atoms with Crippen molar-refractivity contribution in [1.29, 1.82) is 0 Å². The molecule has 0 unspecified atom stereocenters. The summed E-state index contributed by atoms with van der Waals surface area (Å²) in [6.07, 6.45) is 1.18. The maximum atomic E-state index is 11.6. The minimum absolute atomic E-state index is 0.129. The Bertz CT molecular complexity index is 607. The Morgan fingerprint density at radius 1 is 1.33 bits per heavy atom. The summed E-state index contributed by atoms with van der Waals surface area (Å²) < 4.78 is 4.46. The molecule has 2 N–H and O–H groups in total. The quantitative estimate of drug-likeness (QED) is 0.796. The second-order valence-corrected chi connectivity index (χ2v) is 3.46. The van der Waals surface area contributed by atoms with Gasteiger partial charge in [0.15, 0.2) is 0 Å². The van der Waals surface area contributed by atoms with Gasteiger partial charge in [-0.3, -0.25) is 9.78 Å². The van der Waals surface area contributed by atoms with Gasteiger partial charge in [0, 0.05) is 5.69 Å². The van der Waals surface area contributed by atoms with Crippen LogP contribution >= 0.6 is 0 Å². The predicted molar refractivity (Wildman–Crippen MR) is 65.9 cm³/mol. The molecule has 0 spiro atoms.